The molecule has 0 amide bonds. The lowest BCUT2D eigenvalue weighted by atomic mass is 10.2. The van der Waals surface area contributed by atoms with Crippen LogP contribution >= 0.6 is 0 Å². The zero-order chi connectivity index (χ0) is 13.4. The molecule has 98 valence electrons. The second kappa shape index (κ2) is 7.67. The fraction of sp³-hybridized carbons (Fsp3) is 0.400. The number of rotatable bonds is 7. The van der Waals surface area contributed by atoms with Gasteiger partial charge in [-0.05, 0) is 19.4 Å². The fourth-order valence-electron chi connectivity index (χ4n) is 1.66. The molecule has 0 N–H and O–H groups in total. The van der Waals surface area contributed by atoms with Crippen molar-refractivity contribution >= 4 is 5.97 Å². The zero-order valence-corrected chi connectivity index (χ0v) is 11.1. The van der Waals surface area contributed by atoms with Gasteiger partial charge >= 0.3 is 5.97 Å². The molecule has 3 nitrogen and oxygen atoms in total. The first-order valence-corrected chi connectivity index (χ1v) is 6.20. The third-order valence-electron chi connectivity index (χ3n) is 2.75. The maximum atomic E-state index is 11.0. The van der Waals surface area contributed by atoms with Gasteiger partial charge in [-0.3, -0.25) is 4.90 Å². The predicted octanol–water partition coefficient (Wildman–Crippen LogP) is 2.63. The normalized spacial score (nSPS) is 10.7. The molecule has 0 aliphatic rings. The van der Waals surface area contributed by atoms with E-state index in [1.807, 2.05) is 18.2 Å². The van der Waals surface area contributed by atoms with Crippen LogP contribution in [0.2, 0.25) is 0 Å². The molecule has 18 heavy (non-hydrogen) atoms. The molecule has 3 heteroatoms. The van der Waals surface area contributed by atoms with Crippen LogP contribution in [0.4, 0.5) is 0 Å². The van der Waals surface area contributed by atoms with Gasteiger partial charge in [0.1, 0.15) is 6.61 Å². The summed E-state index contributed by atoms with van der Waals surface area (Å²) in [4.78, 5) is 13.2. The van der Waals surface area contributed by atoms with E-state index in [4.69, 9.17) is 4.74 Å². The largest absolute Gasteiger partial charge is 0.461 e. The van der Waals surface area contributed by atoms with E-state index in [0.717, 1.165) is 13.1 Å². The summed E-state index contributed by atoms with van der Waals surface area (Å²) >= 11 is 0. The van der Waals surface area contributed by atoms with Crippen LogP contribution in [0.1, 0.15) is 19.4 Å². The average Bonchev–Trinajstić information content (AvgIpc) is 2.38. The lowest BCUT2D eigenvalue weighted by molar-refractivity contribution is -0.138. The van der Waals surface area contributed by atoms with Gasteiger partial charge < -0.3 is 4.74 Å². The summed E-state index contributed by atoms with van der Waals surface area (Å²) in [6, 6.07) is 10.7. The number of hydrogen-bond donors (Lipinski definition) is 0. The molecule has 0 radical (unpaired) electrons. The first-order chi connectivity index (χ1) is 8.63. The third kappa shape index (κ3) is 5.15. The molecule has 0 aliphatic carbocycles. The van der Waals surface area contributed by atoms with E-state index in [-0.39, 0.29) is 5.97 Å². The van der Waals surface area contributed by atoms with Crippen molar-refractivity contribution < 1.29 is 9.53 Å². The lowest BCUT2D eigenvalue weighted by Gasteiger charge is -2.26. The highest BCUT2D eigenvalue weighted by Crippen LogP contribution is 2.07. The van der Waals surface area contributed by atoms with Crippen molar-refractivity contribution in [3.05, 3.63) is 48.6 Å². The SMILES string of the molecule is C=CC(=O)OCCN(Cc1ccccc1)C(C)C. The minimum absolute atomic E-state index is 0.363. The summed E-state index contributed by atoms with van der Waals surface area (Å²) in [5.41, 5.74) is 1.27. The second-order valence-corrected chi connectivity index (χ2v) is 4.42. The van der Waals surface area contributed by atoms with Crippen molar-refractivity contribution in [1.82, 2.24) is 4.90 Å². The molecule has 0 spiro atoms. The van der Waals surface area contributed by atoms with Crippen molar-refractivity contribution in [3.8, 4) is 0 Å². The van der Waals surface area contributed by atoms with Gasteiger partial charge in [0.05, 0.1) is 0 Å². The van der Waals surface area contributed by atoms with Gasteiger partial charge in [-0.15, -0.1) is 0 Å². The molecule has 1 aromatic carbocycles. The standard InChI is InChI=1S/C15H21NO2/c1-4-15(17)18-11-10-16(13(2)3)12-14-8-6-5-7-9-14/h4-9,13H,1,10-12H2,2-3H3. The first kappa shape index (κ1) is 14.5. The Balaban J connectivity index is 2.45. The van der Waals surface area contributed by atoms with E-state index >= 15 is 0 Å². The Labute approximate surface area is 109 Å². The Morgan fingerprint density at radius 2 is 2.06 bits per heavy atom. The molecule has 1 aromatic rings. The molecule has 0 saturated heterocycles. The maximum absolute atomic E-state index is 11.0. The highest BCUT2D eigenvalue weighted by atomic mass is 16.5. The molecule has 0 fully saturated rings. The Kier molecular flexibility index (Phi) is 6.15. The van der Waals surface area contributed by atoms with Crippen molar-refractivity contribution in [3.63, 3.8) is 0 Å². The van der Waals surface area contributed by atoms with Crippen LogP contribution in [0.15, 0.2) is 43.0 Å². The molecule has 0 aromatic heterocycles. The van der Waals surface area contributed by atoms with Crippen LogP contribution in [0.25, 0.3) is 0 Å². The number of hydrogen-bond acceptors (Lipinski definition) is 3. The molecule has 0 atom stereocenters. The molecule has 0 saturated carbocycles. The molecule has 0 heterocycles. The van der Waals surface area contributed by atoms with Gasteiger partial charge in [0, 0.05) is 25.2 Å². The van der Waals surface area contributed by atoms with E-state index in [1.54, 1.807) is 0 Å². The Morgan fingerprint density at radius 1 is 1.39 bits per heavy atom. The van der Waals surface area contributed by atoms with Crippen LogP contribution < -0.4 is 0 Å². The van der Waals surface area contributed by atoms with Crippen LogP contribution in [-0.4, -0.2) is 30.1 Å². The quantitative estimate of drug-likeness (QED) is 0.548. The van der Waals surface area contributed by atoms with Gasteiger partial charge in [0.15, 0.2) is 0 Å². The summed E-state index contributed by atoms with van der Waals surface area (Å²) < 4.78 is 5.01. The molecule has 0 unspecified atom stereocenters. The van der Waals surface area contributed by atoms with Crippen molar-refractivity contribution in [2.24, 2.45) is 0 Å². The van der Waals surface area contributed by atoms with Crippen molar-refractivity contribution in [2.75, 3.05) is 13.2 Å². The molecule has 0 bridgehead atoms. The maximum Gasteiger partial charge on any atom is 0.330 e. The van der Waals surface area contributed by atoms with E-state index in [2.05, 4.69) is 37.5 Å². The van der Waals surface area contributed by atoms with E-state index < -0.39 is 0 Å². The third-order valence-corrected chi connectivity index (χ3v) is 2.75. The molecule has 1 rings (SSSR count). The average molecular weight is 247 g/mol. The van der Waals surface area contributed by atoms with Crippen LogP contribution in [0, 0.1) is 0 Å². The monoisotopic (exact) mass is 247 g/mol. The number of carbonyl (C=O) groups is 1. The fourth-order valence-corrected chi connectivity index (χ4v) is 1.66. The van der Waals surface area contributed by atoms with E-state index in [9.17, 15) is 4.79 Å². The van der Waals surface area contributed by atoms with Crippen LogP contribution in [-0.2, 0) is 16.1 Å². The Bertz CT molecular complexity index is 373. The molecule has 0 aliphatic heterocycles. The van der Waals surface area contributed by atoms with Gasteiger partial charge in [-0.2, -0.15) is 0 Å². The first-order valence-electron chi connectivity index (χ1n) is 6.20. The second-order valence-electron chi connectivity index (χ2n) is 4.42. The van der Waals surface area contributed by atoms with Crippen LogP contribution in [0.3, 0.4) is 0 Å². The highest BCUT2D eigenvalue weighted by Gasteiger charge is 2.10. The summed E-state index contributed by atoms with van der Waals surface area (Å²) in [5, 5.41) is 0. The minimum Gasteiger partial charge on any atom is -0.461 e. The highest BCUT2D eigenvalue weighted by molar-refractivity contribution is 5.81. The van der Waals surface area contributed by atoms with Gasteiger partial charge in [-0.25, -0.2) is 4.79 Å². The van der Waals surface area contributed by atoms with Crippen LogP contribution in [0.5, 0.6) is 0 Å². The smallest absolute Gasteiger partial charge is 0.330 e. The van der Waals surface area contributed by atoms with Crippen molar-refractivity contribution in [2.45, 2.75) is 26.4 Å². The molecular formula is C15H21NO2. The Hall–Kier alpha value is -1.61. The van der Waals surface area contributed by atoms with E-state index in [1.165, 1.54) is 11.6 Å². The predicted molar refractivity (Wildman–Crippen MR) is 73.1 cm³/mol. The Morgan fingerprint density at radius 3 is 2.61 bits per heavy atom. The summed E-state index contributed by atoms with van der Waals surface area (Å²) in [5.74, 6) is -0.363. The summed E-state index contributed by atoms with van der Waals surface area (Å²) in [7, 11) is 0. The van der Waals surface area contributed by atoms with Crippen molar-refractivity contribution in [1.29, 1.82) is 0 Å². The summed E-state index contributed by atoms with van der Waals surface area (Å²) in [6.45, 7) is 9.64. The van der Waals surface area contributed by atoms with Gasteiger partial charge in [0.25, 0.3) is 0 Å². The van der Waals surface area contributed by atoms with Gasteiger partial charge in [-0.1, -0.05) is 36.9 Å². The number of carbonyl (C=O) groups excluding carboxylic acids is 1. The van der Waals surface area contributed by atoms with E-state index in [0.29, 0.717) is 12.6 Å². The number of ether oxygens (including phenoxy) is 1. The summed E-state index contributed by atoms with van der Waals surface area (Å²) in [6.07, 6.45) is 1.19. The number of esters is 1. The number of nitrogens with zero attached hydrogens (tertiary/aromatic N) is 1. The minimum atomic E-state index is -0.363. The lowest BCUT2D eigenvalue weighted by Crippen LogP contribution is -2.33. The topological polar surface area (TPSA) is 29.5 Å². The van der Waals surface area contributed by atoms with Gasteiger partial charge in [0.2, 0.25) is 0 Å². The molecular weight excluding hydrogens is 226 g/mol. The number of benzene rings is 1. The zero-order valence-electron chi connectivity index (χ0n) is 11.1.